The number of hydrogen-bond acceptors (Lipinski definition) is 5. The van der Waals surface area contributed by atoms with Crippen LogP contribution >= 0.6 is 0 Å². The molecule has 3 rings (SSSR count). The number of aliphatic hydroxyl groups is 1. The van der Waals surface area contributed by atoms with Crippen molar-refractivity contribution in [2.24, 2.45) is 0 Å². The molecule has 1 aliphatic rings. The Bertz CT molecular complexity index is 745. The van der Waals surface area contributed by atoms with E-state index in [1.54, 1.807) is 7.11 Å². The number of aryl methyl sites for hydroxylation is 1. The highest BCUT2D eigenvalue weighted by atomic mass is 16.5. The Morgan fingerprint density at radius 1 is 1.11 bits per heavy atom. The van der Waals surface area contributed by atoms with Gasteiger partial charge in [0.1, 0.15) is 23.2 Å². The molecule has 0 spiro atoms. The lowest BCUT2D eigenvalue weighted by Gasteiger charge is -2.39. The van der Waals surface area contributed by atoms with Crippen molar-refractivity contribution in [3.63, 3.8) is 0 Å². The molecule has 0 bridgehead atoms. The second kappa shape index (κ2) is 10.0. The van der Waals surface area contributed by atoms with Crippen LogP contribution in [0.2, 0.25) is 0 Å². The Morgan fingerprint density at radius 3 is 2.57 bits per heavy atom. The highest BCUT2D eigenvalue weighted by Gasteiger charge is 2.41. The maximum absolute atomic E-state index is 11.8. The standard InChI is InChI=1S/C23H31NO4/c1-18-9-3-5-11-20(18)28-21-12-6-4-10-19(21)23(25,13-7-8-15-26-2)22-17-24-14-16-27-22/h3-6,9-12,22,24-25H,7-8,13-17H2,1-2H3/t22-,23-/m1/s1. The fraction of sp³-hybridized carbons (Fsp3) is 0.478. The topological polar surface area (TPSA) is 60.0 Å². The van der Waals surface area contributed by atoms with E-state index in [2.05, 4.69) is 5.32 Å². The number of morpholine rings is 1. The number of ether oxygens (including phenoxy) is 3. The molecule has 0 amide bonds. The second-order valence-electron chi connectivity index (χ2n) is 7.30. The van der Waals surface area contributed by atoms with E-state index in [1.807, 2.05) is 55.5 Å². The molecule has 0 unspecified atom stereocenters. The summed E-state index contributed by atoms with van der Waals surface area (Å²) in [5.74, 6) is 1.46. The summed E-state index contributed by atoms with van der Waals surface area (Å²) in [4.78, 5) is 0. The Hall–Kier alpha value is -1.92. The van der Waals surface area contributed by atoms with Gasteiger partial charge >= 0.3 is 0 Å². The molecule has 2 aromatic carbocycles. The van der Waals surface area contributed by atoms with Crippen LogP contribution in [0, 0.1) is 6.92 Å². The predicted molar refractivity (Wildman–Crippen MR) is 110 cm³/mol. The van der Waals surface area contributed by atoms with Crippen LogP contribution in [0.5, 0.6) is 11.5 Å². The molecular formula is C23H31NO4. The van der Waals surface area contributed by atoms with Gasteiger partial charge in [0.15, 0.2) is 0 Å². The minimum absolute atomic E-state index is 0.328. The van der Waals surface area contributed by atoms with Crippen LogP contribution in [0.4, 0.5) is 0 Å². The predicted octanol–water partition coefficient (Wildman–Crippen LogP) is 3.78. The van der Waals surface area contributed by atoms with Crippen LogP contribution < -0.4 is 10.1 Å². The Balaban J connectivity index is 1.91. The van der Waals surface area contributed by atoms with Crippen molar-refractivity contribution in [3.8, 4) is 11.5 Å². The number of para-hydroxylation sites is 2. The lowest BCUT2D eigenvalue weighted by Crippen LogP contribution is -2.51. The first-order valence-corrected chi connectivity index (χ1v) is 10.0. The van der Waals surface area contributed by atoms with E-state index in [4.69, 9.17) is 14.2 Å². The van der Waals surface area contributed by atoms with Crippen LogP contribution in [-0.4, -0.2) is 44.6 Å². The summed E-state index contributed by atoms with van der Waals surface area (Å²) in [6.45, 7) is 4.70. The number of rotatable bonds is 9. The van der Waals surface area contributed by atoms with Crippen LogP contribution in [0.25, 0.3) is 0 Å². The second-order valence-corrected chi connectivity index (χ2v) is 7.30. The summed E-state index contributed by atoms with van der Waals surface area (Å²) in [5.41, 5.74) is 0.682. The van der Waals surface area contributed by atoms with Crippen LogP contribution in [0.15, 0.2) is 48.5 Å². The van der Waals surface area contributed by atoms with Gasteiger partial charge in [0.2, 0.25) is 0 Å². The Labute approximate surface area is 167 Å². The van der Waals surface area contributed by atoms with E-state index >= 15 is 0 Å². The van der Waals surface area contributed by atoms with Gasteiger partial charge in [-0.1, -0.05) is 36.4 Å². The zero-order valence-electron chi connectivity index (χ0n) is 16.8. The van der Waals surface area contributed by atoms with Gasteiger partial charge in [0.05, 0.1) is 6.61 Å². The molecule has 2 atom stereocenters. The first-order chi connectivity index (χ1) is 13.6. The van der Waals surface area contributed by atoms with Gasteiger partial charge in [-0.2, -0.15) is 0 Å². The number of hydrogen-bond donors (Lipinski definition) is 2. The van der Waals surface area contributed by atoms with E-state index in [1.165, 1.54) is 0 Å². The molecule has 152 valence electrons. The maximum atomic E-state index is 11.8. The zero-order chi connectivity index (χ0) is 19.8. The van der Waals surface area contributed by atoms with Crippen molar-refractivity contribution in [2.75, 3.05) is 33.4 Å². The third-order valence-electron chi connectivity index (χ3n) is 5.28. The molecule has 1 aliphatic heterocycles. The minimum atomic E-state index is -1.14. The molecule has 2 N–H and O–H groups in total. The summed E-state index contributed by atoms with van der Waals surface area (Å²) >= 11 is 0. The molecular weight excluding hydrogens is 354 g/mol. The Morgan fingerprint density at radius 2 is 1.86 bits per heavy atom. The SMILES string of the molecule is COCCCC[C@@](O)(c1ccccc1Oc1ccccc1C)[C@H]1CNCCO1. The summed E-state index contributed by atoms with van der Waals surface area (Å²) in [6.07, 6.45) is 1.98. The average Bonchev–Trinajstić information content (AvgIpc) is 2.74. The van der Waals surface area contributed by atoms with E-state index < -0.39 is 5.60 Å². The van der Waals surface area contributed by atoms with E-state index in [0.717, 1.165) is 36.3 Å². The van der Waals surface area contributed by atoms with Gasteiger partial charge in [0.25, 0.3) is 0 Å². The van der Waals surface area contributed by atoms with Crippen LogP contribution in [-0.2, 0) is 15.1 Å². The lowest BCUT2D eigenvalue weighted by molar-refractivity contribution is -0.130. The third-order valence-corrected chi connectivity index (χ3v) is 5.28. The Kier molecular flexibility index (Phi) is 7.45. The van der Waals surface area contributed by atoms with Crippen molar-refractivity contribution in [3.05, 3.63) is 59.7 Å². The maximum Gasteiger partial charge on any atom is 0.133 e. The summed E-state index contributed by atoms with van der Waals surface area (Å²) < 4.78 is 17.4. The highest BCUT2D eigenvalue weighted by Crippen LogP contribution is 2.40. The first kappa shape index (κ1) is 20.8. The summed E-state index contributed by atoms with van der Waals surface area (Å²) in [5, 5.41) is 15.2. The first-order valence-electron chi connectivity index (χ1n) is 10.0. The zero-order valence-corrected chi connectivity index (χ0v) is 16.8. The summed E-state index contributed by atoms with van der Waals surface area (Å²) in [6, 6.07) is 15.6. The van der Waals surface area contributed by atoms with Crippen LogP contribution in [0.3, 0.4) is 0 Å². The molecule has 1 fully saturated rings. The van der Waals surface area contributed by atoms with Crippen molar-refractivity contribution in [1.29, 1.82) is 0 Å². The normalized spacial score (nSPS) is 19.2. The largest absolute Gasteiger partial charge is 0.457 e. The third kappa shape index (κ3) is 4.92. The molecule has 0 aromatic heterocycles. The molecule has 0 saturated carbocycles. The molecule has 2 aromatic rings. The highest BCUT2D eigenvalue weighted by molar-refractivity contribution is 5.44. The molecule has 28 heavy (non-hydrogen) atoms. The number of methoxy groups -OCH3 is 1. The molecule has 0 aliphatic carbocycles. The average molecular weight is 386 g/mol. The van der Waals surface area contributed by atoms with Gasteiger partial charge in [-0.25, -0.2) is 0 Å². The number of unbranched alkanes of at least 4 members (excludes halogenated alkanes) is 1. The van der Waals surface area contributed by atoms with Crippen molar-refractivity contribution in [1.82, 2.24) is 5.32 Å². The van der Waals surface area contributed by atoms with Crippen molar-refractivity contribution >= 4 is 0 Å². The van der Waals surface area contributed by atoms with Gasteiger partial charge in [-0.05, 0) is 43.9 Å². The van der Waals surface area contributed by atoms with Gasteiger partial charge in [-0.3, -0.25) is 0 Å². The molecule has 0 radical (unpaired) electrons. The van der Waals surface area contributed by atoms with Crippen LogP contribution in [0.1, 0.15) is 30.4 Å². The number of benzene rings is 2. The monoisotopic (exact) mass is 385 g/mol. The fourth-order valence-corrected chi connectivity index (χ4v) is 3.68. The fourth-order valence-electron chi connectivity index (χ4n) is 3.68. The minimum Gasteiger partial charge on any atom is -0.457 e. The molecule has 5 nitrogen and oxygen atoms in total. The van der Waals surface area contributed by atoms with E-state index in [0.29, 0.717) is 31.9 Å². The van der Waals surface area contributed by atoms with E-state index in [-0.39, 0.29) is 6.10 Å². The summed E-state index contributed by atoms with van der Waals surface area (Å²) in [7, 11) is 1.70. The van der Waals surface area contributed by atoms with E-state index in [9.17, 15) is 5.11 Å². The molecule has 1 saturated heterocycles. The quantitative estimate of drug-likeness (QED) is 0.644. The smallest absolute Gasteiger partial charge is 0.133 e. The van der Waals surface area contributed by atoms with Gasteiger partial charge < -0.3 is 24.6 Å². The van der Waals surface area contributed by atoms with Crippen molar-refractivity contribution in [2.45, 2.75) is 37.9 Å². The lowest BCUT2D eigenvalue weighted by atomic mass is 9.82. The molecule has 1 heterocycles. The van der Waals surface area contributed by atoms with Gasteiger partial charge in [-0.15, -0.1) is 0 Å². The van der Waals surface area contributed by atoms with Crippen molar-refractivity contribution < 1.29 is 19.3 Å². The number of nitrogens with one attached hydrogen (secondary N) is 1. The molecule has 5 heteroatoms. The van der Waals surface area contributed by atoms with Gasteiger partial charge in [0, 0.05) is 32.4 Å².